The highest BCUT2D eigenvalue weighted by Gasteiger charge is 2.04. The molecule has 0 bridgehead atoms. The number of carbonyl (C=O) groups is 1. The van der Waals surface area contributed by atoms with Gasteiger partial charge in [-0.3, -0.25) is 4.79 Å². The fourth-order valence-corrected chi connectivity index (χ4v) is 0.839. The Morgan fingerprint density at radius 3 is 2.79 bits per heavy atom. The van der Waals surface area contributed by atoms with Gasteiger partial charge < -0.3 is 16.2 Å². The van der Waals surface area contributed by atoms with Crippen molar-refractivity contribution < 1.29 is 9.90 Å². The number of primary amides is 1. The highest BCUT2D eigenvalue weighted by atomic mass is 16.3. The van der Waals surface area contributed by atoms with Crippen LogP contribution in [0.4, 0.5) is 5.82 Å². The van der Waals surface area contributed by atoms with Crippen molar-refractivity contribution in [3.05, 3.63) is 17.8 Å². The first-order chi connectivity index (χ1) is 6.63. The molecule has 0 saturated carbocycles. The molecule has 6 nitrogen and oxygen atoms in total. The van der Waals surface area contributed by atoms with Gasteiger partial charge in [-0.15, -0.1) is 10.2 Å². The number of anilines is 1. The van der Waals surface area contributed by atoms with Gasteiger partial charge in [0.1, 0.15) is 5.82 Å². The predicted octanol–water partition coefficient (Wildman–Crippen LogP) is -0.632. The number of aliphatic hydroxyl groups is 1. The van der Waals surface area contributed by atoms with E-state index < -0.39 is 5.91 Å². The highest BCUT2D eigenvalue weighted by Crippen LogP contribution is 2.02. The maximum Gasteiger partial charge on any atom is 0.269 e. The molecular weight excluding hydrogens is 184 g/mol. The monoisotopic (exact) mass is 196 g/mol. The van der Waals surface area contributed by atoms with E-state index in [9.17, 15) is 4.79 Å². The molecule has 14 heavy (non-hydrogen) atoms. The van der Waals surface area contributed by atoms with Gasteiger partial charge in [0, 0.05) is 6.04 Å². The minimum absolute atomic E-state index is 0.000743. The zero-order valence-electron chi connectivity index (χ0n) is 7.77. The molecule has 1 aromatic rings. The quantitative estimate of drug-likeness (QED) is 0.595. The largest absolute Gasteiger partial charge is 0.394 e. The van der Waals surface area contributed by atoms with E-state index in [-0.39, 0.29) is 18.3 Å². The molecule has 1 atom stereocenters. The van der Waals surface area contributed by atoms with Crippen LogP contribution in [0.3, 0.4) is 0 Å². The second-order valence-corrected chi connectivity index (χ2v) is 2.90. The number of carbonyl (C=O) groups excluding carboxylic acids is 1. The predicted molar refractivity (Wildman–Crippen MR) is 50.7 cm³/mol. The molecule has 1 heterocycles. The van der Waals surface area contributed by atoms with Gasteiger partial charge in [0.15, 0.2) is 5.69 Å². The van der Waals surface area contributed by atoms with Gasteiger partial charge in [-0.1, -0.05) is 0 Å². The number of aromatic nitrogens is 2. The van der Waals surface area contributed by atoms with Crippen LogP contribution >= 0.6 is 0 Å². The summed E-state index contributed by atoms with van der Waals surface area (Å²) in [6.45, 7) is 1.79. The van der Waals surface area contributed by atoms with Crippen molar-refractivity contribution in [3.8, 4) is 0 Å². The van der Waals surface area contributed by atoms with E-state index in [0.717, 1.165) is 0 Å². The van der Waals surface area contributed by atoms with Crippen LogP contribution < -0.4 is 11.1 Å². The zero-order valence-corrected chi connectivity index (χ0v) is 7.77. The number of aliphatic hydroxyl groups excluding tert-OH is 1. The average molecular weight is 196 g/mol. The molecule has 0 spiro atoms. The van der Waals surface area contributed by atoms with Gasteiger partial charge in [0.05, 0.1) is 6.61 Å². The average Bonchev–Trinajstić information content (AvgIpc) is 2.18. The smallest absolute Gasteiger partial charge is 0.269 e. The van der Waals surface area contributed by atoms with Crippen molar-refractivity contribution in [1.82, 2.24) is 10.2 Å². The van der Waals surface area contributed by atoms with Crippen molar-refractivity contribution in [2.45, 2.75) is 13.0 Å². The number of nitrogens with two attached hydrogens (primary N) is 1. The third kappa shape index (κ3) is 2.67. The minimum Gasteiger partial charge on any atom is -0.394 e. The normalized spacial score (nSPS) is 12.1. The molecule has 0 saturated heterocycles. The molecule has 1 amide bonds. The summed E-state index contributed by atoms with van der Waals surface area (Å²) in [7, 11) is 0. The first-order valence-electron chi connectivity index (χ1n) is 4.14. The van der Waals surface area contributed by atoms with E-state index in [1.54, 1.807) is 13.0 Å². The summed E-state index contributed by atoms with van der Waals surface area (Å²) in [5.74, 6) is -0.115. The summed E-state index contributed by atoms with van der Waals surface area (Å²) < 4.78 is 0. The Balaban J connectivity index is 2.68. The molecule has 6 heteroatoms. The molecule has 0 aliphatic carbocycles. The molecule has 0 radical (unpaired) electrons. The molecule has 0 aliphatic heterocycles. The van der Waals surface area contributed by atoms with Crippen LogP contribution in [0.25, 0.3) is 0 Å². The van der Waals surface area contributed by atoms with Crippen molar-refractivity contribution >= 4 is 11.7 Å². The number of amides is 1. The van der Waals surface area contributed by atoms with E-state index >= 15 is 0 Å². The maximum absolute atomic E-state index is 10.6. The Hall–Kier alpha value is -1.69. The van der Waals surface area contributed by atoms with E-state index in [0.29, 0.717) is 5.82 Å². The van der Waals surface area contributed by atoms with E-state index in [1.807, 2.05) is 0 Å². The molecule has 1 unspecified atom stereocenters. The molecule has 76 valence electrons. The van der Waals surface area contributed by atoms with Gasteiger partial charge >= 0.3 is 0 Å². The number of nitrogens with zero attached hydrogens (tertiary/aromatic N) is 2. The second kappa shape index (κ2) is 4.52. The zero-order chi connectivity index (χ0) is 10.6. The van der Waals surface area contributed by atoms with Crippen LogP contribution in [0.5, 0.6) is 0 Å². The number of rotatable bonds is 4. The summed E-state index contributed by atoms with van der Waals surface area (Å²) in [4.78, 5) is 10.6. The first-order valence-corrected chi connectivity index (χ1v) is 4.14. The lowest BCUT2D eigenvalue weighted by Gasteiger charge is -2.10. The Morgan fingerprint density at radius 2 is 2.36 bits per heavy atom. The van der Waals surface area contributed by atoms with Gasteiger partial charge in [-0.25, -0.2) is 0 Å². The number of hydrogen-bond donors (Lipinski definition) is 3. The van der Waals surface area contributed by atoms with Crippen LogP contribution in [-0.2, 0) is 0 Å². The van der Waals surface area contributed by atoms with Gasteiger partial charge in [0.25, 0.3) is 5.91 Å². The lowest BCUT2D eigenvalue weighted by atomic mass is 10.3. The molecule has 4 N–H and O–H groups in total. The van der Waals surface area contributed by atoms with Crippen LogP contribution in [0, 0.1) is 0 Å². The molecular formula is C8H12N4O2. The Labute approximate surface area is 81.1 Å². The summed E-state index contributed by atoms with van der Waals surface area (Å²) in [6, 6.07) is 2.95. The maximum atomic E-state index is 10.6. The van der Waals surface area contributed by atoms with Crippen molar-refractivity contribution in [3.63, 3.8) is 0 Å². The number of nitrogens with one attached hydrogen (secondary N) is 1. The van der Waals surface area contributed by atoms with E-state index in [2.05, 4.69) is 15.5 Å². The van der Waals surface area contributed by atoms with Gasteiger partial charge in [0.2, 0.25) is 0 Å². The summed E-state index contributed by atoms with van der Waals surface area (Å²) in [5.41, 5.74) is 5.11. The molecule has 0 aromatic carbocycles. The van der Waals surface area contributed by atoms with Gasteiger partial charge in [-0.2, -0.15) is 0 Å². The van der Waals surface area contributed by atoms with E-state index in [4.69, 9.17) is 10.8 Å². The lowest BCUT2D eigenvalue weighted by molar-refractivity contribution is 0.0994. The highest BCUT2D eigenvalue weighted by molar-refractivity contribution is 5.90. The summed E-state index contributed by atoms with van der Waals surface area (Å²) in [5, 5.41) is 18.9. The van der Waals surface area contributed by atoms with Gasteiger partial charge in [-0.05, 0) is 19.1 Å². The molecule has 0 aliphatic rings. The molecule has 0 fully saturated rings. The van der Waals surface area contributed by atoms with E-state index in [1.165, 1.54) is 6.07 Å². The SMILES string of the molecule is CC(CO)Nc1ccc(C(N)=O)nn1. The van der Waals surface area contributed by atoms with Crippen LogP contribution in [0.15, 0.2) is 12.1 Å². The van der Waals surface area contributed by atoms with Crippen LogP contribution in [-0.4, -0.2) is 33.9 Å². The topological polar surface area (TPSA) is 101 Å². The molecule has 1 rings (SSSR count). The number of hydrogen-bond acceptors (Lipinski definition) is 5. The van der Waals surface area contributed by atoms with Crippen molar-refractivity contribution in [2.75, 3.05) is 11.9 Å². The Morgan fingerprint density at radius 1 is 1.64 bits per heavy atom. The minimum atomic E-state index is -0.612. The van der Waals surface area contributed by atoms with Crippen molar-refractivity contribution in [2.24, 2.45) is 5.73 Å². The standard InChI is InChI=1S/C8H12N4O2/c1-5(4-13)10-7-3-2-6(8(9)14)11-12-7/h2-3,5,13H,4H2,1H3,(H2,9,14)(H,10,12). The van der Waals surface area contributed by atoms with Crippen molar-refractivity contribution in [1.29, 1.82) is 0 Å². The Bertz CT molecular complexity index is 312. The lowest BCUT2D eigenvalue weighted by Crippen LogP contribution is -2.21. The van der Waals surface area contributed by atoms with Crippen LogP contribution in [0.1, 0.15) is 17.4 Å². The summed E-state index contributed by atoms with van der Waals surface area (Å²) >= 11 is 0. The fraction of sp³-hybridized carbons (Fsp3) is 0.375. The Kier molecular flexibility index (Phi) is 3.35. The fourth-order valence-electron chi connectivity index (χ4n) is 0.839. The van der Waals surface area contributed by atoms with Crippen LogP contribution in [0.2, 0.25) is 0 Å². The second-order valence-electron chi connectivity index (χ2n) is 2.90. The summed E-state index contributed by atoms with van der Waals surface area (Å²) in [6.07, 6.45) is 0. The third-order valence-electron chi connectivity index (χ3n) is 1.59. The third-order valence-corrected chi connectivity index (χ3v) is 1.59. The molecule has 1 aromatic heterocycles. The first kappa shape index (κ1) is 10.4.